The van der Waals surface area contributed by atoms with Crippen LogP contribution in [0, 0.1) is 0 Å². The van der Waals surface area contributed by atoms with Gasteiger partial charge in [-0.25, -0.2) is 0 Å². The number of carbonyl (C=O) groups is 1. The van der Waals surface area contributed by atoms with Crippen LogP contribution in [0.1, 0.15) is 25.1 Å². The topological polar surface area (TPSA) is 55.1 Å². The van der Waals surface area contributed by atoms with Crippen LogP contribution in [-0.4, -0.2) is 20.9 Å². The second-order valence-corrected chi connectivity index (χ2v) is 3.13. The minimum absolute atomic E-state index is 0.265. The highest BCUT2D eigenvalue weighted by Crippen LogP contribution is 2.28. The minimum atomic E-state index is -4.49. The average Bonchev–Trinajstić information content (AvgIpc) is 2.48. The van der Waals surface area contributed by atoms with Gasteiger partial charge in [0.25, 0.3) is 0 Å². The Bertz CT molecular complexity index is 359. The molecular formula is C8H9F3N2O2. The van der Waals surface area contributed by atoms with Crippen molar-refractivity contribution in [3.05, 3.63) is 18.0 Å². The molecule has 0 aromatic carbocycles. The highest BCUT2D eigenvalue weighted by Gasteiger charge is 2.33. The van der Waals surface area contributed by atoms with Gasteiger partial charge < -0.3 is 5.11 Å². The van der Waals surface area contributed by atoms with Crippen LogP contribution >= 0.6 is 0 Å². The molecule has 0 radical (unpaired) electrons. The molecule has 1 N–H and O–H groups in total. The van der Waals surface area contributed by atoms with Gasteiger partial charge in [0.15, 0.2) is 5.69 Å². The largest absolute Gasteiger partial charge is 0.481 e. The number of hydrogen-bond donors (Lipinski definition) is 1. The number of halogens is 3. The van der Waals surface area contributed by atoms with E-state index in [2.05, 4.69) is 5.10 Å². The number of alkyl halides is 3. The van der Waals surface area contributed by atoms with Gasteiger partial charge in [0, 0.05) is 6.20 Å². The summed E-state index contributed by atoms with van der Waals surface area (Å²) >= 11 is 0. The van der Waals surface area contributed by atoms with Crippen molar-refractivity contribution in [3.63, 3.8) is 0 Å². The summed E-state index contributed by atoms with van der Waals surface area (Å²) in [6.45, 7) is 1.49. The van der Waals surface area contributed by atoms with Gasteiger partial charge in [-0.05, 0) is 13.0 Å². The Morgan fingerprint density at radius 1 is 1.67 bits per heavy atom. The zero-order valence-electron chi connectivity index (χ0n) is 7.82. The first kappa shape index (κ1) is 11.5. The average molecular weight is 222 g/mol. The van der Waals surface area contributed by atoms with E-state index in [4.69, 9.17) is 5.11 Å². The number of hydrogen-bond acceptors (Lipinski definition) is 2. The maximum absolute atomic E-state index is 12.1. The fourth-order valence-corrected chi connectivity index (χ4v) is 1.08. The predicted octanol–water partition coefficient (Wildman–Crippen LogP) is 1.94. The van der Waals surface area contributed by atoms with Gasteiger partial charge in [0.1, 0.15) is 0 Å². The molecule has 0 aliphatic rings. The molecule has 0 amide bonds. The van der Waals surface area contributed by atoms with Crippen molar-refractivity contribution in [2.75, 3.05) is 0 Å². The molecule has 0 spiro atoms. The fraction of sp³-hybridized carbons (Fsp3) is 0.500. The maximum atomic E-state index is 12.1. The van der Waals surface area contributed by atoms with E-state index in [1.807, 2.05) is 0 Å². The lowest BCUT2D eigenvalue weighted by Gasteiger charge is -2.09. The molecule has 15 heavy (non-hydrogen) atoms. The minimum Gasteiger partial charge on any atom is -0.481 e. The first-order chi connectivity index (χ1) is 6.80. The molecule has 1 aromatic rings. The van der Waals surface area contributed by atoms with Crippen LogP contribution in [0.2, 0.25) is 0 Å². The van der Waals surface area contributed by atoms with Crippen molar-refractivity contribution >= 4 is 5.97 Å². The van der Waals surface area contributed by atoms with Gasteiger partial charge in [-0.1, -0.05) is 0 Å². The first-order valence-corrected chi connectivity index (χ1v) is 4.15. The molecule has 0 aliphatic heterocycles. The maximum Gasteiger partial charge on any atom is 0.435 e. The van der Waals surface area contributed by atoms with Crippen molar-refractivity contribution in [1.82, 2.24) is 9.78 Å². The van der Waals surface area contributed by atoms with Crippen molar-refractivity contribution in [1.29, 1.82) is 0 Å². The molecule has 0 aliphatic carbocycles. The van der Waals surface area contributed by atoms with Crippen LogP contribution in [0.3, 0.4) is 0 Å². The molecule has 84 valence electrons. The monoisotopic (exact) mass is 222 g/mol. The van der Waals surface area contributed by atoms with Crippen molar-refractivity contribution in [3.8, 4) is 0 Å². The number of carboxylic acid groups (broad SMARTS) is 1. The number of aromatic nitrogens is 2. The van der Waals surface area contributed by atoms with E-state index in [0.717, 1.165) is 16.9 Å². The van der Waals surface area contributed by atoms with Crippen LogP contribution in [-0.2, 0) is 11.0 Å². The van der Waals surface area contributed by atoms with E-state index < -0.39 is 23.9 Å². The van der Waals surface area contributed by atoms with E-state index >= 15 is 0 Å². The van der Waals surface area contributed by atoms with Crippen LogP contribution < -0.4 is 0 Å². The van der Waals surface area contributed by atoms with Crippen molar-refractivity contribution in [2.45, 2.75) is 25.6 Å². The molecule has 1 aromatic heterocycles. The molecule has 0 saturated heterocycles. The Hall–Kier alpha value is -1.53. The van der Waals surface area contributed by atoms with Crippen LogP contribution in [0.5, 0.6) is 0 Å². The summed E-state index contributed by atoms with van der Waals surface area (Å²) in [5, 5.41) is 11.7. The molecule has 7 heteroatoms. The number of rotatable bonds is 3. The predicted molar refractivity (Wildman–Crippen MR) is 44.2 cm³/mol. The molecule has 1 atom stereocenters. The quantitative estimate of drug-likeness (QED) is 0.850. The Morgan fingerprint density at radius 2 is 2.27 bits per heavy atom. The van der Waals surface area contributed by atoms with Gasteiger partial charge in [-0.15, -0.1) is 0 Å². The van der Waals surface area contributed by atoms with Crippen LogP contribution in [0.4, 0.5) is 13.2 Å². The Morgan fingerprint density at radius 3 is 2.67 bits per heavy atom. The summed E-state index contributed by atoms with van der Waals surface area (Å²) < 4.78 is 37.4. The second-order valence-electron chi connectivity index (χ2n) is 3.13. The Balaban J connectivity index is 2.80. The summed E-state index contributed by atoms with van der Waals surface area (Å²) in [5.41, 5.74) is -1.01. The van der Waals surface area contributed by atoms with Gasteiger partial charge in [-0.2, -0.15) is 18.3 Å². The molecule has 1 heterocycles. The zero-order valence-corrected chi connectivity index (χ0v) is 7.82. The van der Waals surface area contributed by atoms with Crippen LogP contribution in [0.25, 0.3) is 0 Å². The highest BCUT2D eigenvalue weighted by molar-refractivity contribution is 5.67. The van der Waals surface area contributed by atoms with Gasteiger partial charge in [-0.3, -0.25) is 9.48 Å². The summed E-state index contributed by atoms with van der Waals surface area (Å²) in [6.07, 6.45) is -3.64. The first-order valence-electron chi connectivity index (χ1n) is 4.15. The third-order valence-corrected chi connectivity index (χ3v) is 1.82. The number of aliphatic carboxylic acids is 1. The van der Waals surface area contributed by atoms with E-state index in [1.165, 1.54) is 6.92 Å². The molecule has 0 saturated carbocycles. The highest BCUT2D eigenvalue weighted by atomic mass is 19.4. The fourth-order valence-electron chi connectivity index (χ4n) is 1.08. The summed E-state index contributed by atoms with van der Waals surface area (Å²) in [7, 11) is 0. The van der Waals surface area contributed by atoms with Gasteiger partial charge in [0.05, 0.1) is 12.5 Å². The summed E-state index contributed by atoms with van der Waals surface area (Å²) in [5.74, 6) is -1.08. The standard InChI is InChI=1S/C8H9F3N2O2/c1-5(4-7(14)15)13-3-2-6(12-13)8(9,10)11/h2-3,5H,4H2,1H3,(H,14,15)/t5-/m0/s1. The normalized spacial score (nSPS) is 13.9. The SMILES string of the molecule is C[C@@H](CC(=O)O)n1ccc(C(F)(F)F)n1. The third kappa shape index (κ3) is 2.97. The Labute approximate surface area is 83.3 Å². The van der Waals surface area contributed by atoms with Gasteiger partial charge >= 0.3 is 12.1 Å². The van der Waals surface area contributed by atoms with E-state index in [1.54, 1.807) is 0 Å². The molecule has 0 unspecified atom stereocenters. The molecule has 1 rings (SSSR count). The lowest BCUT2D eigenvalue weighted by atomic mass is 10.2. The summed E-state index contributed by atoms with van der Waals surface area (Å²) in [6, 6.07) is 0.219. The molecule has 4 nitrogen and oxygen atoms in total. The van der Waals surface area contributed by atoms with E-state index in [0.29, 0.717) is 0 Å². The number of carboxylic acids is 1. The van der Waals surface area contributed by atoms with Crippen LogP contribution in [0.15, 0.2) is 12.3 Å². The second kappa shape index (κ2) is 3.92. The number of nitrogens with zero attached hydrogens (tertiary/aromatic N) is 2. The van der Waals surface area contributed by atoms with Crippen molar-refractivity contribution < 1.29 is 23.1 Å². The van der Waals surface area contributed by atoms with Gasteiger partial charge in [0.2, 0.25) is 0 Å². The third-order valence-electron chi connectivity index (χ3n) is 1.82. The molecule has 0 bridgehead atoms. The zero-order chi connectivity index (χ0) is 11.6. The Kier molecular flexibility index (Phi) is 3.01. The smallest absolute Gasteiger partial charge is 0.435 e. The summed E-state index contributed by atoms with van der Waals surface area (Å²) in [4.78, 5) is 10.3. The molecule has 0 fully saturated rings. The van der Waals surface area contributed by atoms with Crippen molar-refractivity contribution in [2.24, 2.45) is 0 Å². The molecular weight excluding hydrogens is 213 g/mol. The lowest BCUT2D eigenvalue weighted by Crippen LogP contribution is -2.13. The lowest BCUT2D eigenvalue weighted by molar-refractivity contribution is -0.141. The van der Waals surface area contributed by atoms with E-state index in [-0.39, 0.29) is 6.42 Å². The van der Waals surface area contributed by atoms with E-state index in [9.17, 15) is 18.0 Å².